The topological polar surface area (TPSA) is 104 Å². The first kappa shape index (κ1) is 16.3. The summed E-state index contributed by atoms with van der Waals surface area (Å²) >= 11 is 0. The van der Waals surface area contributed by atoms with E-state index in [1.165, 1.54) is 6.92 Å². The number of aromatic amines is 1. The Bertz CT molecular complexity index is 830. The maximum Gasteiger partial charge on any atom is 0.326 e. The van der Waals surface area contributed by atoms with Gasteiger partial charge < -0.3 is 15.4 Å². The Morgan fingerprint density at radius 2 is 2.08 bits per heavy atom. The van der Waals surface area contributed by atoms with E-state index in [1.54, 1.807) is 22.8 Å². The van der Waals surface area contributed by atoms with E-state index in [9.17, 15) is 14.4 Å². The number of aromatic nitrogens is 2. The molecule has 1 aliphatic rings. The van der Waals surface area contributed by atoms with Crippen LogP contribution in [0.5, 0.6) is 0 Å². The number of aliphatic carboxylic acids is 1. The van der Waals surface area contributed by atoms with Gasteiger partial charge in [-0.05, 0) is 31.0 Å². The number of carbonyl (C=O) groups is 2. The van der Waals surface area contributed by atoms with Gasteiger partial charge >= 0.3 is 11.7 Å². The van der Waals surface area contributed by atoms with Crippen molar-refractivity contribution in [1.29, 1.82) is 0 Å². The number of amides is 1. The third-order valence-corrected chi connectivity index (χ3v) is 4.66. The number of H-pyrrole nitrogens is 1. The molecule has 7 heteroatoms. The highest BCUT2D eigenvalue weighted by Crippen LogP contribution is 2.30. The summed E-state index contributed by atoms with van der Waals surface area (Å²) < 4.78 is 1.79. The largest absolute Gasteiger partial charge is 0.481 e. The average molecular weight is 331 g/mol. The Morgan fingerprint density at radius 3 is 2.75 bits per heavy atom. The molecule has 0 saturated heterocycles. The number of fused-ring (bicyclic) bond motifs is 1. The van der Waals surface area contributed by atoms with Crippen LogP contribution in [0.3, 0.4) is 0 Å². The number of imidazole rings is 1. The van der Waals surface area contributed by atoms with Crippen LogP contribution < -0.4 is 11.0 Å². The summed E-state index contributed by atoms with van der Waals surface area (Å²) in [5.74, 6) is -1.95. The highest BCUT2D eigenvalue weighted by molar-refractivity contribution is 5.97. The van der Waals surface area contributed by atoms with Crippen molar-refractivity contribution >= 4 is 22.9 Å². The number of benzene rings is 1. The lowest BCUT2D eigenvalue weighted by molar-refractivity contribution is -0.140. The van der Waals surface area contributed by atoms with Gasteiger partial charge in [0.05, 0.1) is 17.0 Å². The van der Waals surface area contributed by atoms with Crippen molar-refractivity contribution in [3.63, 3.8) is 0 Å². The molecule has 7 nitrogen and oxygen atoms in total. The molecule has 1 unspecified atom stereocenters. The molecule has 128 valence electrons. The van der Waals surface area contributed by atoms with Crippen molar-refractivity contribution in [2.24, 2.45) is 5.92 Å². The van der Waals surface area contributed by atoms with Gasteiger partial charge in [0.25, 0.3) is 5.91 Å². The van der Waals surface area contributed by atoms with Crippen LogP contribution in [0.25, 0.3) is 11.0 Å². The molecule has 3 N–H and O–H groups in total. The van der Waals surface area contributed by atoms with E-state index in [1.807, 2.05) is 0 Å². The van der Waals surface area contributed by atoms with Crippen molar-refractivity contribution in [3.8, 4) is 0 Å². The first-order valence-corrected chi connectivity index (χ1v) is 8.22. The van der Waals surface area contributed by atoms with Crippen LogP contribution in [0, 0.1) is 5.92 Å². The van der Waals surface area contributed by atoms with Gasteiger partial charge in [-0.2, -0.15) is 0 Å². The van der Waals surface area contributed by atoms with Gasteiger partial charge in [0.2, 0.25) is 0 Å². The van der Waals surface area contributed by atoms with Crippen molar-refractivity contribution < 1.29 is 14.7 Å². The maximum absolute atomic E-state index is 12.2. The highest BCUT2D eigenvalue weighted by atomic mass is 16.4. The summed E-state index contributed by atoms with van der Waals surface area (Å²) in [6.07, 6.45) is 4.27. The molecule has 1 heterocycles. The number of rotatable bonds is 5. The second-order valence-corrected chi connectivity index (χ2v) is 6.42. The predicted octanol–water partition coefficient (Wildman–Crippen LogP) is 1.90. The molecule has 0 radical (unpaired) electrons. The summed E-state index contributed by atoms with van der Waals surface area (Å²) in [5, 5.41) is 11.5. The van der Waals surface area contributed by atoms with Crippen LogP contribution in [0.1, 0.15) is 49.0 Å². The lowest BCUT2D eigenvalue weighted by Gasteiger charge is -2.11. The minimum Gasteiger partial charge on any atom is -0.481 e. The minimum absolute atomic E-state index is 0.0613. The summed E-state index contributed by atoms with van der Waals surface area (Å²) in [7, 11) is 0. The molecule has 1 aliphatic carbocycles. The van der Waals surface area contributed by atoms with Crippen LogP contribution in [0.15, 0.2) is 23.0 Å². The molecule has 1 aromatic carbocycles. The first-order chi connectivity index (χ1) is 11.5. The molecule has 0 bridgehead atoms. The molecule has 1 aromatic heterocycles. The van der Waals surface area contributed by atoms with Crippen molar-refractivity contribution in [3.05, 3.63) is 34.2 Å². The second kappa shape index (κ2) is 6.51. The molecule has 1 saturated carbocycles. The maximum atomic E-state index is 12.2. The van der Waals surface area contributed by atoms with Crippen LogP contribution >= 0.6 is 0 Å². The fraction of sp³-hybridized carbons (Fsp3) is 0.471. The number of nitrogens with zero attached hydrogens (tertiary/aromatic N) is 1. The smallest absolute Gasteiger partial charge is 0.326 e. The van der Waals surface area contributed by atoms with E-state index in [0.29, 0.717) is 11.1 Å². The summed E-state index contributed by atoms with van der Waals surface area (Å²) in [6.45, 7) is 1.59. The Hall–Kier alpha value is -2.57. The van der Waals surface area contributed by atoms with E-state index < -0.39 is 11.9 Å². The third-order valence-electron chi connectivity index (χ3n) is 4.66. The first-order valence-electron chi connectivity index (χ1n) is 8.22. The van der Waals surface area contributed by atoms with Gasteiger partial charge in [0, 0.05) is 18.2 Å². The fourth-order valence-electron chi connectivity index (χ4n) is 3.23. The number of hydrogen-bond acceptors (Lipinski definition) is 3. The van der Waals surface area contributed by atoms with Crippen LogP contribution in [-0.4, -0.2) is 33.1 Å². The molecule has 2 aromatic rings. The predicted molar refractivity (Wildman–Crippen MR) is 89.2 cm³/mol. The zero-order chi connectivity index (χ0) is 17.3. The van der Waals surface area contributed by atoms with Gasteiger partial charge in [-0.1, -0.05) is 19.8 Å². The van der Waals surface area contributed by atoms with Crippen LogP contribution in [0.4, 0.5) is 0 Å². The number of carboxylic acids is 1. The zero-order valence-corrected chi connectivity index (χ0v) is 13.5. The van der Waals surface area contributed by atoms with Gasteiger partial charge in [-0.15, -0.1) is 0 Å². The monoisotopic (exact) mass is 331 g/mol. The van der Waals surface area contributed by atoms with E-state index in [-0.39, 0.29) is 24.2 Å². The molecule has 3 rings (SSSR count). The molecule has 24 heavy (non-hydrogen) atoms. The summed E-state index contributed by atoms with van der Waals surface area (Å²) in [6, 6.07) is 5.31. The van der Waals surface area contributed by atoms with Crippen molar-refractivity contribution in [2.45, 2.75) is 38.6 Å². The van der Waals surface area contributed by atoms with E-state index in [4.69, 9.17) is 5.11 Å². The van der Waals surface area contributed by atoms with Crippen molar-refractivity contribution in [1.82, 2.24) is 14.9 Å². The highest BCUT2D eigenvalue weighted by Gasteiger charge is 2.21. The normalized spacial score (nSPS) is 16.4. The molecule has 0 aliphatic heterocycles. The van der Waals surface area contributed by atoms with E-state index in [0.717, 1.165) is 31.2 Å². The quantitative estimate of drug-likeness (QED) is 0.778. The van der Waals surface area contributed by atoms with Gasteiger partial charge in [-0.3, -0.25) is 14.2 Å². The molecular formula is C17H21N3O4. The molecule has 1 fully saturated rings. The SMILES string of the molecule is CC(CNC(=O)c1ccc2c(c1)[nH]c(=O)n2C1CCCC1)C(=O)O. The van der Waals surface area contributed by atoms with Gasteiger partial charge in [0.15, 0.2) is 0 Å². The van der Waals surface area contributed by atoms with E-state index >= 15 is 0 Å². The third kappa shape index (κ3) is 3.06. The Morgan fingerprint density at radius 1 is 1.38 bits per heavy atom. The molecular weight excluding hydrogens is 310 g/mol. The lowest BCUT2D eigenvalue weighted by Crippen LogP contribution is -2.31. The Kier molecular flexibility index (Phi) is 4.42. The number of hydrogen-bond donors (Lipinski definition) is 3. The molecule has 0 spiro atoms. The average Bonchev–Trinajstić information content (AvgIpc) is 3.17. The number of carboxylic acid groups (broad SMARTS) is 1. The summed E-state index contributed by atoms with van der Waals surface area (Å²) in [5.41, 5.74) is 1.70. The number of nitrogens with one attached hydrogen (secondary N) is 2. The number of carbonyl (C=O) groups excluding carboxylic acids is 1. The van der Waals surface area contributed by atoms with E-state index in [2.05, 4.69) is 10.3 Å². The standard InChI is InChI=1S/C17H21N3O4/c1-10(16(22)23)9-18-15(21)11-6-7-14-13(8-11)19-17(24)20(14)12-4-2-3-5-12/h6-8,10,12H,2-5,9H2,1H3,(H,18,21)(H,19,24)(H,22,23). The zero-order valence-electron chi connectivity index (χ0n) is 13.5. The van der Waals surface area contributed by atoms with Crippen LogP contribution in [0.2, 0.25) is 0 Å². The van der Waals surface area contributed by atoms with Crippen molar-refractivity contribution in [2.75, 3.05) is 6.54 Å². The summed E-state index contributed by atoms with van der Waals surface area (Å²) in [4.78, 5) is 38.0. The van der Waals surface area contributed by atoms with Gasteiger partial charge in [0.1, 0.15) is 0 Å². The Labute approximate surface area is 138 Å². The lowest BCUT2D eigenvalue weighted by atomic mass is 10.1. The Balaban J connectivity index is 1.83. The second-order valence-electron chi connectivity index (χ2n) is 6.42. The minimum atomic E-state index is -0.955. The van der Waals surface area contributed by atoms with Gasteiger partial charge in [-0.25, -0.2) is 4.79 Å². The molecule has 1 atom stereocenters. The van der Waals surface area contributed by atoms with Crippen LogP contribution in [-0.2, 0) is 4.79 Å². The fourth-order valence-corrected chi connectivity index (χ4v) is 3.23. The molecule has 1 amide bonds.